The topological polar surface area (TPSA) is 0 Å². The van der Waals surface area contributed by atoms with Crippen LogP contribution in [0.15, 0.2) is 0 Å². The molecule has 0 bridgehead atoms. The van der Waals surface area contributed by atoms with Gasteiger partial charge in [-0.3, -0.25) is 0 Å². The van der Waals surface area contributed by atoms with Crippen LogP contribution in [0.3, 0.4) is 0 Å². The third-order valence-electron chi connectivity index (χ3n) is 7.33. The largest absolute Gasteiger partial charge is 0.0654 e. The molecule has 0 nitrogen and oxygen atoms in total. The van der Waals surface area contributed by atoms with Crippen molar-refractivity contribution in [1.29, 1.82) is 0 Å². The fourth-order valence-corrected chi connectivity index (χ4v) is 5.40. The second-order valence-corrected chi connectivity index (χ2v) is 9.87. The van der Waals surface area contributed by atoms with Crippen LogP contribution in [0.25, 0.3) is 0 Å². The number of hydrogen-bond donors (Lipinski definition) is 0. The van der Waals surface area contributed by atoms with E-state index in [4.69, 9.17) is 0 Å². The minimum atomic E-state index is 0.843. The van der Waals surface area contributed by atoms with E-state index in [1.807, 2.05) is 0 Å². The Bertz CT molecular complexity index is 318. The molecule has 6 unspecified atom stereocenters. The first-order chi connectivity index (χ1) is 12.0. The molecule has 150 valence electrons. The van der Waals surface area contributed by atoms with Gasteiger partial charge in [-0.25, -0.2) is 0 Å². The van der Waals surface area contributed by atoms with E-state index in [0.717, 1.165) is 41.4 Å². The lowest BCUT2D eigenvalue weighted by Gasteiger charge is -2.26. The molecule has 0 aromatic carbocycles. The number of unbranched alkanes of at least 4 members (excludes halogenated alkanes) is 3. The van der Waals surface area contributed by atoms with Gasteiger partial charge in [0.15, 0.2) is 0 Å². The highest BCUT2D eigenvalue weighted by Crippen LogP contribution is 2.57. The van der Waals surface area contributed by atoms with Crippen molar-refractivity contribution < 1.29 is 0 Å². The molecule has 0 spiro atoms. The molecule has 6 atom stereocenters. The van der Waals surface area contributed by atoms with Gasteiger partial charge in [0.25, 0.3) is 0 Å². The van der Waals surface area contributed by atoms with Crippen LogP contribution in [-0.4, -0.2) is 0 Å². The third kappa shape index (κ3) is 8.04. The standard InChI is InChI=1S/C25H50/c1-8-11-13-16-24-23(14-10-3)25(24)21(7)18-22(15-12-9-2)17-20(6)19(4)5/h19-25H,8-18H2,1-7H3. The molecule has 1 rings (SSSR count). The molecular formula is C25H50. The first-order valence-electron chi connectivity index (χ1n) is 12.0. The second kappa shape index (κ2) is 12.4. The smallest absolute Gasteiger partial charge is 0.0326 e. The molecule has 0 amide bonds. The van der Waals surface area contributed by atoms with Crippen molar-refractivity contribution in [3.8, 4) is 0 Å². The summed E-state index contributed by atoms with van der Waals surface area (Å²) >= 11 is 0. The predicted molar refractivity (Wildman–Crippen MR) is 115 cm³/mol. The molecule has 0 radical (unpaired) electrons. The van der Waals surface area contributed by atoms with Crippen molar-refractivity contribution in [3.05, 3.63) is 0 Å². The van der Waals surface area contributed by atoms with Crippen LogP contribution in [0.2, 0.25) is 0 Å². The van der Waals surface area contributed by atoms with E-state index >= 15 is 0 Å². The highest BCUT2D eigenvalue weighted by molar-refractivity contribution is 4.99. The maximum absolute atomic E-state index is 2.60. The van der Waals surface area contributed by atoms with Crippen molar-refractivity contribution in [3.63, 3.8) is 0 Å². The zero-order chi connectivity index (χ0) is 18.8. The lowest BCUT2D eigenvalue weighted by molar-refractivity contribution is 0.248. The summed E-state index contributed by atoms with van der Waals surface area (Å²) in [7, 11) is 0. The lowest BCUT2D eigenvalue weighted by Crippen LogP contribution is -2.15. The van der Waals surface area contributed by atoms with Crippen LogP contribution in [0.5, 0.6) is 0 Å². The highest BCUT2D eigenvalue weighted by Gasteiger charge is 2.50. The van der Waals surface area contributed by atoms with Crippen LogP contribution in [0.4, 0.5) is 0 Å². The minimum Gasteiger partial charge on any atom is -0.0654 e. The van der Waals surface area contributed by atoms with E-state index in [-0.39, 0.29) is 0 Å². The average Bonchev–Trinajstić information content (AvgIpc) is 3.25. The van der Waals surface area contributed by atoms with Crippen molar-refractivity contribution in [1.82, 2.24) is 0 Å². The zero-order valence-electron chi connectivity index (χ0n) is 18.8. The maximum Gasteiger partial charge on any atom is -0.0326 e. The molecule has 0 aromatic heterocycles. The minimum absolute atomic E-state index is 0.843. The molecule has 1 fully saturated rings. The van der Waals surface area contributed by atoms with Crippen LogP contribution in [0, 0.1) is 41.4 Å². The Morgan fingerprint density at radius 1 is 0.680 bits per heavy atom. The summed E-state index contributed by atoms with van der Waals surface area (Å²) in [6, 6.07) is 0. The van der Waals surface area contributed by atoms with Gasteiger partial charge in [-0.2, -0.15) is 0 Å². The predicted octanol–water partition coefficient (Wildman–Crippen LogP) is 8.74. The van der Waals surface area contributed by atoms with Crippen molar-refractivity contribution in [2.45, 2.75) is 119 Å². The number of hydrogen-bond acceptors (Lipinski definition) is 0. The molecular weight excluding hydrogens is 300 g/mol. The van der Waals surface area contributed by atoms with Crippen LogP contribution < -0.4 is 0 Å². The van der Waals surface area contributed by atoms with Gasteiger partial charge in [0.2, 0.25) is 0 Å². The summed E-state index contributed by atoms with van der Waals surface area (Å²) in [5.74, 6) is 6.89. The molecule has 1 aliphatic rings. The van der Waals surface area contributed by atoms with E-state index < -0.39 is 0 Å². The Hall–Kier alpha value is 0. The van der Waals surface area contributed by atoms with Gasteiger partial charge >= 0.3 is 0 Å². The first-order valence-corrected chi connectivity index (χ1v) is 12.0. The molecule has 0 N–H and O–H groups in total. The Morgan fingerprint density at radius 2 is 1.32 bits per heavy atom. The Labute approximate surface area is 160 Å². The average molecular weight is 351 g/mol. The van der Waals surface area contributed by atoms with E-state index in [1.54, 1.807) is 0 Å². The summed E-state index contributed by atoms with van der Waals surface area (Å²) in [6.45, 7) is 17.0. The first kappa shape index (κ1) is 23.0. The van der Waals surface area contributed by atoms with E-state index in [0.29, 0.717) is 0 Å². The SMILES string of the molecule is CCCCCC1C(CCC)C1C(C)CC(CCCC)CC(C)C(C)C. The van der Waals surface area contributed by atoms with Gasteiger partial charge in [-0.15, -0.1) is 0 Å². The van der Waals surface area contributed by atoms with Crippen LogP contribution >= 0.6 is 0 Å². The quantitative estimate of drug-likeness (QED) is 0.259. The summed E-state index contributed by atoms with van der Waals surface area (Å²) in [6.07, 6.45) is 16.0. The Kier molecular flexibility index (Phi) is 11.4. The summed E-state index contributed by atoms with van der Waals surface area (Å²) < 4.78 is 0. The Morgan fingerprint density at radius 3 is 1.88 bits per heavy atom. The lowest BCUT2D eigenvalue weighted by atomic mass is 9.80. The van der Waals surface area contributed by atoms with E-state index in [9.17, 15) is 0 Å². The van der Waals surface area contributed by atoms with Crippen LogP contribution in [-0.2, 0) is 0 Å². The van der Waals surface area contributed by atoms with Crippen molar-refractivity contribution in [2.75, 3.05) is 0 Å². The van der Waals surface area contributed by atoms with Gasteiger partial charge in [0, 0.05) is 0 Å². The third-order valence-corrected chi connectivity index (χ3v) is 7.33. The Balaban J connectivity index is 2.55. The van der Waals surface area contributed by atoms with Gasteiger partial charge in [0.05, 0.1) is 0 Å². The fraction of sp³-hybridized carbons (Fsp3) is 1.00. The molecule has 1 aliphatic carbocycles. The highest BCUT2D eigenvalue weighted by atomic mass is 14.6. The van der Waals surface area contributed by atoms with Gasteiger partial charge < -0.3 is 0 Å². The van der Waals surface area contributed by atoms with Gasteiger partial charge in [-0.1, -0.05) is 99.8 Å². The molecule has 0 saturated heterocycles. The monoisotopic (exact) mass is 350 g/mol. The summed E-state index contributed by atoms with van der Waals surface area (Å²) in [5.41, 5.74) is 0. The maximum atomic E-state index is 2.60. The van der Waals surface area contributed by atoms with E-state index in [2.05, 4.69) is 48.5 Å². The molecule has 25 heavy (non-hydrogen) atoms. The van der Waals surface area contributed by atoms with Gasteiger partial charge in [0.1, 0.15) is 0 Å². The zero-order valence-corrected chi connectivity index (χ0v) is 18.8. The molecule has 0 heteroatoms. The molecule has 0 aliphatic heterocycles. The molecule has 0 aromatic rings. The molecule has 0 heterocycles. The fourth-order valence-electron chi connectivity index (χ4n) is 5.40. The summed E-state index contributed by atoms with van der Waals surface area (Å²) in [4.78, 5) is 0. The van der Waals surface area contributed by atoms with Crippen molar-refractivity contribution >= 4 is 0 Å². The van der Waals surface area contributed by atoms with Crippen molar-refractivity contribution in [2.24, 2.45) is 41.4 Å². The normalized spacial score (nSPS) is 26.6. The van der Waals surface area contributed by atoms with E-state index in [1.165, 1.54) is 70.6 Å². The van der Waals surface area contributed by atoms with Crippen LogP contribution in [0.1, 0.15) is 119 Å². The molecule has 1 saturated carbocycles. The van der Waals surface area contributed by atoms with Gasteiger partial charge in [-0.05, 0) is 60.7 Å². The second-order valence-electron chi connectivity index (χ2n) is 9.87. The number of rotatable bonds is 15. The summed E-state index contributed by atoms with van der Waals surface area (Å²) in [5, 5.41) is 0.